The van der Waals surface area contributed by atoms with Crippen molar-refractivity contribution in [1.82, 2.24) is 14.8 Å². The molecule has 5 nitrogen and oxygen atoms in total. The lowest BCUT2D eigenvalue weighted by molar-refractivity contribution is 0.0703. The summed E-state index contributed by atoms with van der Waals surface area (Å²) in [5, 5.41) is 0. The second kappa shape index (κ2) is 11.5. The number of hydrogen-bond donors (Lipinski definition) is 0. The number of hydrogen-bond acceptors (Lipinski definition) is 4. The Bertz CT molecular complexity index is 1120. The third-order valence-corrected chi connectivity index (χ3v) is 6.74. The zero-order valence-corrected chi connectivity index (χ0v) is 21.4. The molecule has 3 aromatic rings. The Kier molecular flexibility index (Phi) is 8.19. The average molecular weight is 472 g/mol. The molecular formula is C30H37N3O2. The number of rotatable bonds is 9. The van der Waals surface area contributed by atoms with Crippen LogP contribution in [0.15, 0.2) is 72.8 Å². The zero-order chi connectivity index (χ0) is 24.8. The fourth-order valence-corrected chi connectivity index (χ4v) is 5.24. The van der Waals surface area contributed by atoms with Gasteiger partial charge in [0.15, 0.2) is 0 Å². The van der Waals surface area contributed by atoms with E-state index in [1.54, 1.807) is 7.11 Å². The Morgan fingerprint density at radius 1 is 1.03 bits per heavy atom. The van der Waals surface area contributed by atoms with Gasteiger partial charge in [-0.05, 0) is 54.7 Å². The Morgan fingerprint density at radius 3 is 2.49 bits per heavy atom. The summed E-state index contributed by atoms with van der Waals surface area (Å²) in [5.74, 6) is 1.98. The first-order chi connectivity index (χ1) is 16.9. The molecule has 1 aliphatic rings. The van der Waals surface area contributed by atoms with Gasteiger partial charge in [0.1, 0.15) is 5.75 Å². The molecular weight excluding hydrogens is 434 g/mol. The van der Waals surface area contributed by atoms with Crippen LogP contribution in [0.4, 0.5) is 0 Å². The smallest absolute Gasteiger partial charge is 0.253 e. The molecule has 5 heteroatoms. The fourth-order valence-electron chi connectivity index (χ4n) is 5.24. The number of nitrogens with zero attached hydrogens (tertiary/aromatic N) is 3. The lowest BCUT2D eigenvalue weighted by atomic mass is 9.87. The molecule has 4 rings (SSSR count). The Labute approximate surface area is 209 Å². The van der Waals surface area contributed by atoms with Crippen molar-refractivity contribution in [3.8, 4) is 5.75 Å². The summed E-state index contributed by atoms with van der Waals surface area (Å²) in [6, 6.07) is 24.2. The van der Waals surface area contributed by atoms with Crippen molar-refractivity contribution >= 4 is 5.91 Å². The molecule has 35 heavy (non-hydrogen) atoms. The molecule has 0 bridgehead atoms. The predicted octanol–water partition coefficient (Wildman–Crippen LogP) is 5.41. The summed E-state index contributed by atoms with van der Waals surface area (Å²) in [6.07, 6.45) is 0. The number of pyridine rings is 1. The van der Waals surface area contributed by atoms with E-state index in [1.807, 2.05) is 55.5 Å². The maximum atomic E-state index is 13.5. The number of aromatic nitrogens is 1. The molecule has 1 aliphatic heterocycles. The third kappa shape index (κ3) is 6.29. The van der Waals surface area contributed by atoms with Crippen LogP contribution >= 0.6 is 0 Å². The lowest BCUT2D eigenvalue weighted by Gasteiger charge is -2.30. The molecule has 1 fully saturated rings. The summed E-state index contributed by atoms with van der Waals surface area (Å²) < 4.78 is 5.75. The van der Waals surface area contributed by atoms with E-state index >= 15 is 0 Å². The molecule has 0 unspecified atom stereocenters. The topological polar surface area (TPSA) is 45.7 Å². The second-order valence-electron chi connectivity index (χ2n) is 10.0. The first-order valence-electron chi connectivity index (χ1n) is 12.6. The highest BCUT2D eigenvalue weighted by Gasteiger charge is 2.37. The SMILES string of the molecule is COc1ccccc1[C@H]1CN(Cc2cccc(C)n2)C[C@H]1CN(CC(C)C)C(=O)c1ccccc1. The molecule has 2 atom stereocenters. The van der Waals surface area contributed by atoms with Gasteiger partial charge >= 0.3 is 0 Å². The number of ether oxygens (including phenoxy) is 1. The lowest BCUT2D eigenvalue weighted by Crippen LogP contribution is -2.39. The summed E-state index contributed by atoms with van der Waals surface area (Å²) in [7, 11) is 1.74. The summed E-state index contributed by atoms with van der Waals surface area (Å²) in [4.78, 5) is 22.8. The van der Waals surface area contributed by atoms with Gasteiger partial charge in [-0.3, -0.25) is 14.7 Å². The summed E-state index contributed by atoms with van der Waals surface area (Å²) in [5.41, 5.74) is 4.09. The van der Waals surface area contributed by atoms with Crippen LogP contribution in [0.25, 0.3) is 0 Å². The van der Waals surface area contributed by atoms with Crippen LogP contribution < -0.4 is 4.74 Å². The fraction of sp³-hybridized carbons (Fsp3) is 0.400. The maximum Gasteiger partial charge on any atom is 0.253 e. The number of carbonyl (C=O) groups is 1. The minimum atomic E-state index is 0.108. The molecule has 184 valence electrons. The third-order valence-electron chi connectivity index (χ3n) is 6.74. The minimum absolute atomic E-state index is 0.108. The number of aryl methyl sites for hydroxylation is 1. The van der Waals surface area contributed by atoms with Gasteiger partial charge in [0.25, 0.3) is 5.91 Å². The Balaban J connectivity index is 1.61. The molecule has 0 spiro atoms. The second-order valence-corrected chi connectivity index (χ2v) is 10.0. The summed E-state index contributed by atoms with van der Waals surface area (Å²) >= 11 is 0. The van der Waals surface area contributed by atoms with E-state index in [1.165, 1.54) is 5.56 Å². The van der Waals surface area contributed by atoms with E-state index < -0.39 is 0 Å². The van der Waals surface area contributed by atoms with Crippen molar-refractivity contribution in [2.75, 3.05) is 33.3 Å². The van der Waals surface area contributed by atoms with Crippen molar-refractivity contribution < 1.29 is 9.53 Å². The highest BCUT2D eigenvalue weighted by atomic mass is 16.5. The maximum absolute atomic E-state index is 13.5. The molecule has 2 heterocycles. The van der Waals surface area contributed by atoms with Gasteiger partial charge < -0.3 is 9.64 Å². The van der Waals surface area contributed by atoms with Crippen molar-refractivity contribution in [1.29, 1.82) is 0 Å². The first kappa shape index (κ1) is 24.9. The monoisotopic (exact) mass is 471 g/mol. The molecule has 1 amide bonds. The minimum Gasteiger partial charge on any atom is -0.496 e. The number of carbonyl (C=O) groups excluding carboxylic acids is 1. The molecule has 1 saturated heterocycles. The van der Waals surface area contributed by atoms with Crippen molar-refractivity contribution in [2.45, 2.75) is 33.2 Å². The first-order valence-corrected chi connectivity index (χ1v) is 12.6. The van der Waals surface area contributed by atoms with Gasteiger partial charge in [0, 0.05) is 49.9 Å². The molecule has 0 saturated carbocycles. The highest BCUT2D eigenvalue weighted by Crippen LogP contribution is 2.38. The highest BCUT2D eigenvalue weighted by molar-refractivity contribution is 5.94. The van der Waals surface area contributed by atoms with Crippen molar-refractivity contribution in [2.24, 2.45) is 11.8 Å². The quantitative estimate of drug-likeness (QED) is 0.418. The van der Waals surface area contributed by atoms with Crippen LogP contribution in [0.1, 0.15) is 47.1 Å². The van der Waals surface area contributed by atoms with Crippen molar-refractivity contribution in [3.05, 3.63) is 95.3 Å². The van der Waals surface area contributed by atoms with Crippen molar-refractivity contribution in [3.63, 3.8) is 0 Å². The van der Waals surface area contributed by atoms with E-state index in [-0.39, 0.29) is 11.8 Å². The Hall–Kier alpha value is -3.18. The van der Waals surface area contributed by atoms with Gasteiger partial charge in [0.05, 0.1) is 12.8 Å². The zero-order valence-electron chi connectivity index (χ0n) is 21.4. The van der Waals surface area contributed by atoms with Crippen LogP contribution in [0.2, 0.25) is 0 Å². The van der Waals surface area contributed by atoms with E-state index in [9.17, 15) is 4.79 Å². The van der Waals surface area contributed by atoms with Crippen LogP contribution in [-0.2, 0) is 6.54 Å². The number of likely N-dealkylation sites (tertiary alicyclic amines) is 1. The van der Waals surface area contributed by atoms with Crippen LogP contribution in [0, 0.1) is 18.8 Å². The van der Waals surface area contributed by atoms with Crippen LogP contribution in [0.5, 0.6) is 5.75 Å². The number of benzene rings is 2. The van der Waals surface area contributed by atoms with Gasteiger partial charge in [-0.25, -0.2) is 0 Å². The van der Waals surface area contributed by atoms with E-state index in [0.29, 0.717) is 18.4 Å². The molecule has 1 aromatic heterocycles. The number of amides is 1. The number of methoxy groups -OCH3 is 1. The molecule has 0 N–H and O–H groups in total. The normalized spacial score (nSPS) is 18.1. The van der Waals surface area contributed by atoms with E-state index in [2.05, 4.69) is 47.9 Å². The van der Waals surface area contributed by atoms with Gasteiger partial charge in [0.2, 0.25) is 0 Å². The average Bonchev–Trinajstić information content (AvgIpc) is 3.25. The standard InChI is InChI=1S/C30H37N3O2/c1-22(2)17-33(30(34)24-12-6-5-7-13-24)19-25-18-32(20-26-14-10-11-23(3)31-26)21-28(25)27-15-8-9-16-29(27)35-4/h5-16,22,25,28H,17-21H2,1-4H3/t25-,28-/m0/s1. The number of para-hydroxylation sites is 1. The van der Waals surface area contributed by atoms with Gasteiger partial charge in [-0.1, -0.05) is 56.3 Å². The van der Waals surface area contributed by atoms with Crippen LogP contribution in [0.3, 0.4) is 0 Å². The molecule has 2 aromatic carbocycles. The molecule has 0 aliphatic carbocycles. The predicted molar refractivity (Wildman–Crippen MR) is 141 cm³/mol. The van der Waals surface area contributed by atoms with Gasteiger partial charge in [-0.2, -0.15) is 0 Å². The molecule has 0 radical (unpaired) electrons. The van der Waals surface area contributed by atoms with E-state index in [4.69, 9.17) is 9.72 Å². The largest absolute Gasteiger partial charge is 0.496 e. The Morgan fingerprint density at radius 2 is 1.77 bits per heavy atom. The van der Waals surface area contributed by atoms with Crippen LogP contribution in [-0.4, -0.2) is 54.0 Å². The van der Waals surface area contributed by atoms with Gasteiger partial charge in [-0.15, -0.1) is 0 Å². The van der Waals surface area contributed by atoms with E-state index in [0.717, 1.165) is 48.9 Å². The summed E-state index contributed by atoms with van der Waals surface area (Å²) in [6.45, 7) is 10.5.